The highest BCUT2D eigenvalue weighted by Crippen LogP contribution is 2.36. The number of nitrogens with one attached hydrogen (secondary N) is 1. The van der Waals surface area contributed by atoms with E-state index < -0.39 is 0 Å². The minimum absolute atomic E-state index is 1.15. The van der Waals surface area contributed by atoms with Gasteiger partial charge in [-0.3, -0.25) is 4.98 Å². The Hall–Kier alpha value is -5.15. The highest BCUT2D eigenvalue weighted by Gasteiger charge is 2.14. The molecule has 0 radical (unpaired) electrons. The predicted molar refractivity (Wildman–Crippen MR) is 159 cm³/mol. The van der Waals surface area contributed by atoms with Gasteiger partial charge in [-0.25, -0.2) is 0 Å². The van der Waals surface area contributed by atoms with Crippen molar-refractivity contribution < 1.29 is 0 Å². The van der Waals surface area contributed by atoms with Crippen molar-refractivity contribution in [2.75, 3.05) is 0 Å². The van der Waals surface area contributed by atoms with Crippen LogP contribution in [0.2, 0.25) is 0 Å². The molecule has 38 heavy (non-hydrogen) atoms. The zero-order valence-electron chi connectivity index (χ0n) is 20.6. The number of aromatic nitrogens is 3. The Kier molecular flexibility index (Phi) is 4.52. The third-order valence-electron chi connectivity index (χ3n) is 7.65. The van der Waals surface area contributed by atoms with E-state index in [1.807, 2.05) is 24.5 Å². The molecule has 0 saturated carbocycles. The van der Waals surface area contributed by atoms with E-state index in [4.69, 9.17) is 0 Å². The molecule has 0 aliphatic heterocycles. The van der Waals surface area contributed by atoms with Crippen LogP contribution in [0, 0.1) is 0 Å². The average Bonchev–Trinajstić information content (AvgIpc) is 3.53. The van der Waals surface area contributed by atoms with Gasteiger partial charge in [0.2, 0.25) is 0 Å². The molecule has 0 spiro atoms. The maximum Gasteiger partial charge on any atom is 0.0541 e. The highest BCUT2D eigenvalue weighted by atomic mass is 15.0. The molecule has 1 N–H and O–H groups in total. The van der Waals surface area contributed by atoms with E-state index in [1.165, 1.54) is 65.9 Å². The number of rotatable bonds is 3. The van der Waals surface area contributed by atoms with Gasteiger partial charge in [-0.1, -0.05) is 60.7 Å². The fourth-order valence-corrected chi connectivity index (χ4v) is 5.81. The zero-order chi connectivity index (χ0) is 25.1. The second kappa shape index (κ2) is 8.19. The second-order valence-electron chi connectivity index (χ2n) is 9.80. The molecular weight excluding hydrogens is 462 g/mol. The maximum absolute atomic E-state index is 4.15. The van der Waals surface area contributed by atoms with Crippen molar-refractivity contribution in [3.05, 3.63) is 134 Å². The summed E-state index contributed by atoms with van der Waals surface area (Å²) in [5, 5.41) is 5.04. The molecule has 8 aromatic rings. The monoisotopic (exact) mass is 485 g/mol. The van der Waals surface area contributed by atoms with Crippen LogP contribution in [0.15, 0.2) is 134 Å². The maximum atomic E-state index is 4.15. The van der Waals surface area contributed by atoms with Crippen LogP contribution < -0.4 is 0 Å². The van der Waals surface area contributed by atoms with E-state index in [2.05, 4.69) is 124 Å². The first-order valence-corrected chi connectivity index (χ1v) is 12.9. The zero-order valence-corrected chi connectivity index (χ0v) is 20.6. The summed E-state index contributed by atoms with van der Waals surface area (Å²) < 4.78 is 2.37. The summed E-state index contributed by atoms with van der Waals surface area (Å²) >= 11 is 0. The number of aromatic amines is 1. The van der Waals surface area contributed by atoms with Crippen LogP contribution >= 0.6 is 0 Å². The summed E-state index contributed by atoms with van der Waals surface area (Å²) in [6.45, 7) is 0. The lowest BCUT2D eigenvalue weighted by Gasteiger charge is -2.10. The molecule has 0 unspecified atom stereocenters. The lowest BCUT2D eigenvalue weighted by atomic mass is 10.0. The van der Waals surface area contributed by atoms with E-state index in [1.54, 1.807) is 0 Å². The van der Waals surface area contributed by atoms with Crippen molar-refractivity contribution in [3.63, 3.8) is 0 Å². The Morgan fingerprint density at radius 3 is 1.89 bits per heavy atom. The smallest absolute Gasteiger partial charge is 0.0541 e. The van der Waals surface area contributed by atoms with Crippen molar-refractivity contribution in [2.24, 2.45) is 0 Å². The lowest BCUT2D eigenvalue weighted by molar-refractivity contribution is 1.18. The van der Waals surface area contributed by atoms with Crippen LogP contribution in [0.1, 0.15) is 0 Å². The van der Waals surface area contributed by atoms with E-state index in [-0.39, 0.29) is 0 Å². The van der Waals surface area contributed by atoms with Crippen molar-refractivity contribution in [1.29, 1.82) is 0 Å². The number of benzene rings is 5. The fourth-order valence-electron chi connectivity index (χ4n) is 5.81. The normalized spacial score (nSPS) is 11.7. The molecule has 3 heteroatoms. The Morgan fingerprint density at radius 2 is 1.05 bits per heavy atom. The first-order valence-electron chi connectivity index (χ1n) is 12.9. The molecule has 3 aromatic heterocycles. The molecule has 0 atom stereocenters. The van der Waals surface area contributed by atoms with Gasteiger partial charge >= 0.3 is 0 Å². The Balaban J connectivity index is 1.29. The van der Waals surface area contributed by atoms with Gasteiger partial charge in [-0.05, 0) is 82.9 Å². The number of nitrogens with zero attached hydrogens (tertiary/aromatic N) is 2. The largest absolute Gasteiger partial charge is 0.355 e. The van der Waals surface area contributed by atoms with Gasteiger partial charge in [0.05, 0.1) is 11.0 Å². The molecule has 178 valence electrons. The van der Waals surface area contributed by atoms with E-state index in [0.29, 0.717) is 0 Å². The summed E-state index contributed by atoms with van der Waals surface area (Å²) in [6.07, 6.45) is 3.67. The van der Waals surface area contributed by atoms with Crippen LogP contribution in [0.4, 0.5) is 0 Å². The first kappa shape index (κ1) is 21.0. The summed E-state index contributed by atoms with van der Waals surface area (Å²) in [4.78, 5) is 7.69. The SMILES string of the molecule is c1ccc2c(c1)[nH]c1ccc(-c3ccc4c(c3)c3ccccc3n4-c3ccc(-c4ccncc4)cc3)cc12. The average molecular weight is 486 g/mol. The summed E-state index contributed by atoms with van der Waals surface area (Å²) in [6, 6.07) is 43.7. The standard InChI is InChI=1S/C35H23N3/c1-3-7-32-28(5-1)30-21-25(11-15-33(30)37-32)26-12-16-35-31(22-26)29-6-2-4-8-34(29)38(35)27-13-9-23(10-14-27)24-17-19-36-20-18-24/h1-22,37H. The molecule has 0 aliphatic rings. The molecule has 5 aromatic carbocycles. The number of hydrogen-bond acceptors (Lipinski definition) is 1. The molecule has 0 aliphatic carbocycles. The molecule has 8 rings (SSSR count). The fraction of sp³-hybridized carbons (Fsp3) is 0. The number of H-pyrrole nitrogens is 1. The number of hydrogen-bond donors (Lipinski definition) is 1. The van der Waals surface area contributed by atoms with Gasteiger partial charge in [-0.2, -0.15) is 0 Å². The first-order chi connectivity index (χ1) is 18.8. The number of pyridine rings is 1. The predicted octanol–water partition coefficient (Wildman–Crippen LogP) is 9.15. The molecule has 3 nitrogen and oxygen atoms in total. The van der Waals surface area contributed by atoms with Gasteiger partial charge in [0.25, 0.3) is 0 Å². The van der Waals surface area contributed by atoms with Crippen LogP contribution in [0.3, 0.4) is 0 Å². The van der Waals surface area contributed by atoms with E-state index in [9.17, 15) is 0 Å². The lowest BCUT2D eigenvalue weighted by Crippen LogP contribution is -1.93. The summed E-state index contributed by atoms with van der Waals surface area (Å²) in [7, 11) is 0. The van der Waals surface area contributed by atoms with Gasteiger partial charge in [0.1, 0.15) is 0 Å². The third kappa shape index (κ3) is 3.19. The summed E-state index contributed by atoms with van der Waals surface area (Å²) in [5.74, 6) is 0. The molecule has 0 saturated heterocycles. The second-order valence-corrected chi connectivity index (χ2v) is 9.80. The number of fused-ring (bicyclic) bond motifs is 6. The van der Waals surface area contributed by atoms with Crippen LogP contribution in [-0.2, 0) is 0 Å². The van der Waals surface area contributed by atoms with Crippen molar-refractivity contribution in [2.45, 2.75) is 0 Å². The van der Waals surface area contributed by atoms with Crippen LogP contribution in [0.5, 0.6) is 0 Å². The van der Waals surface area contributed by atoms with Gasteiger partial charge in [0, 0.05) is 50.7 Å². The summed E-state index contributed by atoms with van der Waals surface area (Å²) in [5.41, 5.74) is 10.7. The molecular formula is C35H23N3. The third-order valence-corrected chi connectivity index (χ3v) is 7.65. The molecule has 0 bridgehead atoms. The molecule has 0 fully saturated rings. The van der Waals surface area contributed by atoms with E-state index in [0.717, 1.165) is 5.69 Å². The number of para-hydroxylation sites is 2. The van der Waals surface area contributed by atoms with E-state index >= 15 is 0 Å². The van der Waals surface area contributed by atoms with Crippen molar-refractivity contribution in [1.82, 2.24) is 14.5 Å². The Labute approximate surface area is 219 Å². The van der Waals surface area contributed by atoms with Crippen LogP contribution in [-0.4, -0.2) is 14.5 Å². The van der Waals surface area contributed by atoms with Gasteiger partial charge in [-0.15, -0.1) is 0 Å². The topological polar surface area (TPSA) is 33.6 Å². The molecule has 3 heterocycles. The minimum atomic E-state index is 1.15. The minimum Gasteiger partial charge on any atom is -0.355 e. The Morgan fingerprint density at radius 1 is 0.447 bits per heavy atom. The highest BCUT2D eigenvalue weighted by molar-refractivity contribution is 6.11. The van der Waals surface area contributed by atoms with Gasteiger partial charge < -0.3 is 9.55 Å². The van der Waals surface area contributed by atoms with Crippen LogP contribution in [0.25, 0.3) is 71.6 Å². The quantitative estimate of drug-likeness (QED) is 0.266. The van der Waals surface area contributed by atoms with Gasteiger partial charge in [0.15, 0.2) is 0 Å². The molecule has 0 amide bonds. The van der Waals surface area contributed by atoms with Crippen molar-refractivity contribution in [3.8, 4) is 27.9 Å². The Bertz CT molecular complexity index is 2110. The van der Waals surface area contributed by atoms with Crippen molar-refractivity contribution >= 4 is 43.6 Å².